The standard InChI is InChI=1S/C15H19F3N2O/c1-2-3-14(21)11-4-5-13(12(10-11)15(16,17)18)20-8-6-19-7-9-20/h4-5,10,19H,2-3,6-9H2,1H3. The molecular formula is C15H19F3N2O. The third-order valence-electron chi connectivity index (χ3n) is 3.56. The van der Waals surface area contributed by atoms with Crippen LogP contribution in [-0.2, 0) is 6.18 Å². The molecule has 0 atom stereocenters. The molecule has 0 aromatic heterocycles. The summed E-state index contributed by atoms with van der Waals surface area (Å²) in [4.78, 5) is 13.5. The molecule has 1 aromatic rings. The fourth-order valence-electron chi connectivity index (χ4n) is 2.49. The Balaban J connectivity index is 2.38. The lowest BCUT2D eigenvalue weighted by Gasteiger charge is -2.31. The Morgan fingerprint density at radius 2 is 1.95 bits per heavy atom. The molecule has 0 saturated carbocycles. The summed E-state index contributed by atoms with van der Waals surface area (Å²) in [5.74, 6) is -0.241. The zero-order valence-electron chi connectivity index (χ0n) is 12.0. The Labute approximate surface area is 122 Å². The molecule has 1 aromatic carbocycles. The molecule has 1 aliphatic heterocycles. The van der Waals surface area contributed by atoms with Gasteiger partial charge in [0.2, 0.25) is 0 Å². The van der Waals surface area contributed by atoms with E-state index in [1.165, 1.54) is 12.1 Å². The minimum absolute atomic E-state index is 0.142. The molecule has 116 valence electrons. The zero-order chi connectivity index (χ0) is 15.5. The number of hydrogen-bond acceptors (Lipinski definition) is 3. The molecule has 1 aliphatic rings. The van der Waals surface area contributed by atoms with Crippen LogP contribution in [0.15, 0.2) is 18.2 Å². The zero-order valence-corrected chi connectivity index (χ0v) is 12.0. The van der Waals surface area contributed by atoms with E-state index in [1.807, 2.05) is 6.92 Å². The lowest BCUT2D eigenvalue weighted by Crippen LogP contribution is -2.44. The topological polar surface area (TPSA) is 32.3 Å². The van der Waals surface area contributed by atoms with Gasteiger partial charge in [0.1, 0.15) is 0 Å². The predicted molar refractivity (Wildman–Crippen MR) is 75.8 cm³/mol. The maximum Gasteiger partial charge on any atom is 0.418 e. The van der Waals surface area contributed by atoms with E-state index in [2.05, 4.69) is 5.32 Å². The number of piperazine rings is 1. The van der Waals surface area contributed by atoms with Crippen molar-refractivity contribution in [3.63, 3.8) is 0 Å². The highest BCUT2D eigenvalue weighted by Gasteiger charge is 2.35. The van der Waals surface area contributed by atoms with Crippen LogP contribution in [0, 0.1) is 0 Å². The van der Waals surface area contributed by atoms with Crippen LogP contribution in [0.25, 0.3) is 0 Å². The van der Waals surface area contributed by atoms with E-state index >= 15 is 0 Å². The van der Waals surface area contributed by atoms with Crippen molar-refractivity contribution in [3.8, 4) is 0 Å². The van der Waals surface area contributed by atoms with Gasteiger partial charge in [-0.25, -0.2) is 0 Å². The quantitative estimate of drug-likeness (QED) is 0.867. The fraction of sp³-hybridized carbons (Fsp3) is 0.533. The number of hydrogen-bond donors (Lipinski definition) is 1. The molecule has 0 spiro atoms. The number of carbonyl (C=O) groups is 1. The molecule has 1 fully saturated rings. The normalized spacial score (nSPS) is 16.1. The summed E-state index contributed by atoms with van der Waals surface area (Å²) in [5.41, 5.74) is -0.411. The second kappa shape index (κ2) is 6.47. The number of ketones is 1. The Hall–Kier alpha value is -1.56. The van der Waals surface area contributed by atoms with Gasteiger partial charge < -0.3 is 10.2 Å². The van der Waals surface area contributed by atoms with Crippen molar-refractivity contribution >= 4 is 11.5 Å². The van der Waals surface area contributed by atoms with Crippen LogP contribution >= 0.6 is 0 Å². The number of nitrogens with zero attached hydrogens (tertiary/aromatic N) is 1. The maximum absolute atomic E-state index is 13.3. The molecule has 0 aliphatic carbocycles. The summed E-state index contributed by atoms with van der Waals surface area (Å²) in [6, 6.07) is 3.93. The van der Waals surface area contributed by atoms with Crippen molar-refractivity contribution in [3.05, 3.63) is 29.3 Å². The van der Waals surface area contributed by atoms with Crippen molar-refractivity contribution in [2.75, 3.05) is 31.1 Å². The maximum atomic E-state index is 13.3. The molecule has 0 bridgehead atoms. The number of Topliss-reactive ketones (excluding diaryl/α,β-unsaturated/α-hetero) is 1. The van der Waals surface area contributed by atoms with Crippen LogP contribution in [0.1, 0.15) is 35.7 Å². The lowest BCUT2D eigenvalue weighted by molar-refractivity contribution is -0.137. The summed E-state index contributed by atoms with van der Waals surface area (Å²) in [6.45, 7) is 4.22. The number of benzene rings is 1. The van der Waals surface area contributed by atoms with Crippen molar-refractivity contribution < 1.29 is 18.0 Å². The highest BCUT2D eigenvalue weighted by atomic mass is 19.4. The second-order valence-corrected chi connectivity index (χ2v) is 5.14. The molecule has 0 amide bonds. The van der Waals surface area contributed by atoms with Gasteiger partial charge in [-0.1, -0.05) is 6.92 Å². The van der Waals surface area contributed by atoms with E-state index in [9.17, 15) is 18.0 Å². The van der Waals surface area contributed by atoms with Gasteiger partial charge in [-0.2, -0.15) is 13.2 Å². The monoisotopic (exact) mass is 300 g/mol. The van der Waals surface area contributed by atoms with Gasteiger partial charge in [0.05, 0.1) is 5.56 Å². The van der Waals surface area contributed by atoms with Gasteiger partial charge in [-0.3, -0.25) is 4.79 Å². The molecule has 2 rings (SSSR count). The molecule has 1 heterocycles. The second-order valence-electron chi connectivity index (χ2n) is 5.14. The first-order chi connectivity index (χ1) is 9.93. The van der Waals surface area contributed by atoms with Gasteiger partial charge in [-0.05, 0) is 24.6 Å². The van der Waals surface area contributed by atoms with Crippen LogP contribution < -0.4 is 10.2 Å². The molecule has 0 unspecified atom stereocenters. The largest absolute Gasteiger partial charge is 0.418 e. The van der Waals surface area contributed by atoms with Gasteiger partial charge in [0.25, 0.3) is 0 Å². The third-order valence-corrected chi connectivity index (χ3v) is 3.56. The number of nitrogens with one attached hydrogen (secondary N) is 1. The van der Waals surface area contributed by atoms with Gasteiger partial charge >= 0.3 is 6.18 Å². The van der Waals surface area contributed by atoms with Crippen LogP contribution in [0.2, 0.25) is 0 Å². The van der Waals surface area contributed by atoms with Gasteiger partial charge in [0.15, 0.2) is 5.78 Å². The molecule has 0 radical (unpaired) electrons. The van der Waals surface area contributed by atoms with Crippen molar-refractivity contribution in [1.29, 1.82) is 0 Å². The van der Waals surface area contributed by atoms with Crippen LogP contribution in [0.5, 0.6) is 0 Å². The number of halogens is 3. The summed E-state index contributed by atoms with van der Waals surface area (Å²) < 4.78 is 39.8. The van der Waals surface area contributed by atoms with E-state index in [1.54, 1.807) is 4.90 Å². The molecule has 1 saturated heterocycles. The third kappa shape index (κ3) is 3.75. The number of carbonyl (C=O) groups excluding carboxylic acids is 1. The van der Waals surface area contributed by atoms with Crippen molar-refractivity contribution in [2.45, 2.75) is 25.9 Å². The Morgan fingerprint density at radius 3 is 2.52 bits per heavy atom. The van der Waals surface area contributed by atoms with Gasteiger partial charge in [-0.15, -0.1) is 0 Å². The number of rotatable bonds is 4. The number of anilines is 1. The summed E-state index contributed by atoms with van der Waals surface area (Å²) >= 11 is 0. The molecular weight excluding hydrogens is 281 g/mol. The van der Waals surface area contributed by atoms with E-state index in [4.69, 9.17) is 0 Å². The first kappa shape index (κ1) is 15.8. The number of alkyl halides is 3. The Kier molecular flexibility index (Phi) is 4.88. The van der Waals surface area contributed by atoms with Crippen LogP contribution in [0.4, 0.5) is 18.9 Å². The van der Waals surface area contributed by atoms with E-state index < -0.39 is 11.7 Å². The molecule has 1 N–H and O–H groups in total. The van der Waals surface area contributed by atoms with E-state index in [0.29, 0.717) is 32.6 Å². The Bertz CT molecular complexity index is 508. The molecule has 3 nitrogen and oxygen atoms in total. The first-order valence-electron chi connectivity index (χ1n) is 7.13. The van der Waals surface area contributed by atoms with Crippen molar-refractivity contribution in [1.82, 2.24) is 5.32 Å². The summed E-state index contributed by atoms with van der Waals surface area (Å²) in [6.07, 6.45) is -3.56. The van der Waals surface area contributed by atoms with Crippen LogP contribution in [-0.4, -0.2) is 32.0 Å². The van der Waals surface area contributed by atoms with Gasteiger partial charge in [0, 0.05) is 43.9 Å². The highest BCUT2D eigenvalue weighted by Crippen LogP contribution is 2.37. The predicted octanol–water partition coefficient (Wildman–Crippen LogP) is 3.10. The highest BCUT2D eigenvalue weighted by molar-refractivity contribution is 5.96. The fourth-order valence-corrected chi connectivity index (χ4v) is 2.49. The minimum atomic E-state index is -4.46. The van der Waals surface area contributed by atoms with E-state index in [-0.39, 0.29) is 23.5 Å². The summed E-state index contributed by atoms with van der Waals surface area (Å²) in [7, 11) is 0. The van der Waals surface area contributed by atoms with Crippen molar-refractivity contribution in [2.24, 2.45) is 0 Å². The molecule has 21 heavy (non-hydrogen) atoms. The summed E-state index contributed by atoms with van der Waals surface area (Å²) in [5, 5.41) is 3.11. The average molecular weight is 300 g/mol. The SMILES string of the molecule is CCCC(=O)c1ccc(N2CCNCC2)c(C(F)(F)F)c1. The molecule has 6 heteroatoms. The van der Waals surface area contributed by atoms with E-state index in [0.717, 1.165) is 6.07 Å². The first-order valence-corrected chi connectivity index (χ1v) is 7.13. The van der Waals surface area contributed by atoms with Crippen LogP contribution in [0.3, 0.4) is 0 Å². The lowest BCUT2D eigenvalue weighted by atomic mass is 10.0. The smallest absolute Gasteiger partial charge is 0.368 e. The Morgan fingerprint density at radius 1 is 1.29 bits per heavy atom. The average Bonchev–Trinajstić information content (AvgIpc) is 2.47. The minimum Gasteiger partial charge on any atom is -0.368 e.